The van der Waals surface area contributed by atoms with Crippen molar-refractivity contribution in [3.63, 3.8) is 0 Å². The molecule has 0 atom stereocenters. The third-order valence-corrected chi connectivity index (χ3v) is 7.13. The first-order valence-corrected chi connectivity index (χ1v) is 11.6. The van der Waals surface area contributed by atoms with E-state index in [0.717, 1.165) is 0 Å². The van der Waals surface area contributed by atoms with Crippen molar-refractivity contribution in [1.82, 2.24) is 20.0 Å². The molecule has 1 aliphatic rings. The highest BCUT2D eigenvalue weighted by Crippen LogP contribution is 2.50. The summed E-state index contributed by atoms with van der Waals surface area (Å²) >= 11 is 6.23. The second-order valence-electron chi connectivity index (χ2n) is 8.83. The molecule has 2 heterocycles. The Morgan fingerprint density at radius 1 is 1.39 bits per heavy atom. The number of aromatic amines is 1. The monoisotopic (exact) mass is 506 g/mol. The molecule has 1 saturated carbocycles. The maximum atomic E-state index is 15.6. The van der Waals surface area contributed by atoms with Gasteiger partial charge in [0.15, 0.2) is 5.82 Å². The van der Waals surface area contributed by atoms with Gasteiger partial charge in [0.2, 0.25) is 0 Å². The van der Waals surface area contributed by atoms with Gasteiger partial charge >= 0.3 is 0 Å². The summed E-state index contributed by atoms with van der Waals surface area (Å²) in [4.78, 5) is 12.5. The second-order valence-corrected chi connectivity index (χ2v) is 9.23. The maximum absolute atomic E-state index is 15.6. The molecule has 0 aliphatic heterocycles. The van der Waals surface area contributed by atoms with Crippen molar-refractivity contribution in [3.05, 3.63) is 74.6 Å². The van der Waals surface area contributed by atoms with Crippen LogP contribution >= 0.6 is 11.6 Å². The highest BCUT2D eigenvalue weighted by atomic mass is 35.5. The molecule has 0 bridgehead atoms. The molecule has 2 aromatic heterocycles. The van der Waals surface area contributed by atoms with E-state index in [0.29, 0.717) is 39.6 Å². The van der Waals surface area contributed by atoms with Crippen molar-refractivity contribution in [3.8, 4) is 28.5 Å². The Hall–Kier alpha value is -3.87. The molecule has 0 unspecified atom stereocenters. The van der Waals surface area contributed by atoms with Crippen LogP contribution < -0.4 is 11.3 Å². The normalized spacial score (nSPS) is 14.4. The number of benzene rings is 2. The summed E-state index contributed by atoms with van der Waals surface area (Å²) in [6, 6.07) is 6.65. The first-order valence-electron chi connectivity index (χ1n) is 11.3. The molecule has 0 amide bonds. The molecule has 1 fully saturated rings. The van der Waals surface area contributed by atoms with Gasteiger partial charge in [-0.1, -0.05) is 24.3 Å². The smallest absolute Gasteiger partial charge is 0.272 e. The van der Waals surface area contributed by atoms with Gasteiger partial charge in [-0.05, 0) is 48.6 Å². The van der Waals surface area contributed by atoms with Crippen LogP contribution in [0.5, 0.6) is 0 Å². The summed E-state index contributed by atoms with van der Waals surface area (Å²) in [7, 11) is 1.60. The summed E-state index contributed by atoms with van der Waals surface area (Å²) in [5.41, 5.74) is 5.79. The van der Waals surface area contributed by atoms with Crippen molar-refractivity contribution in [2.75, 3.05) is 0 Å². The first-order chi connectivity index (χ1) is 17.2. The molecule has 2 aromatic carbocycles. The number of aromatic nitrogens is 4. The van der Waals surface area contributed by atoms with E-state index < -0.39 is 17.0 Å². The topological polar surface area (TPSA) is 113 Å². The van der Waals surface area contributed by atoms with Crippen molar-refractivity contribution in [2.24, 2.45) is 12.8 Å². The van der Waals surface area contributed by atoms with Gasteiger partial charge in [0, 0.05) is 30.1 Å². The lowest BCUT2D eigenvalue weighted by atomic mass is 9.74. The van der Waals surface area contributed by atoms with Crippen LogP contribution in [0.25, 0.3) is 39.2 Å². The maximum Gasteiger partial charge on any atom is 0.272 e. The zero-order valence-corrected chi connectivity index (χ0v) is 20.1. The number of fused-ring (bicyclic) bond motifs is 1. The van der Waals surface area contributed by atoms with E-state index in [1.54, 1.807) is 19.2 Å². The molecule has 4 aromatic rings. The third-order valence-electron chi connectivity index (χ3n) is 6.86. The van der Waals surface area contributed by atoms with Crippen LogP contribution in [0.4, 0.5) is 8.78 Å². The predicted molar refractivity (Wildman–Crippen MR) is 134 cm³/mol. The lowest BCUT2D eigenvalue weighted by Gasteiger charge is -2.35. The Balaban J connectivity index is 1.85. The fourth-order valence-corrected chi connectivity index (χ4v) is 5.08. The van der Waals surface area contributed by atoms with Crippen molar-refractivity contribution >= 4 is 28.4 Å². The minimum Gasteiger partial charge on any atom is -0.325 e. The van der Waals surface area contributed by atoms with Crippen LogP contribution in [-0.4, -0.2) is 20.0 Å². The highest BCUT2D eigenvalue weighted by Gasteiger charge is 2.42. The first kappa shape index (κ1) is 23.9. The number of nitriles is 1. The largest absolute Gasteiger partial charge is 0.325 e. The second kappa shape index (κ2) is 8.66. The Morgan fingerprint density at radius 2 is 2.14 bits per heavy atom. The van der Waals surface area contributed by atoms with Crippen LogP contribution in [0.3, 0.4) is 0 Å². The molecular weight excluding hydrogens is 486 g/mol. The van der Waals surface area contributed by atoms with Crippen LogP contribution in [0.2, 0.25) is 5.02 Å². The van der Waals surface area contributed by atoms with Crippen LogP contribution in [0.1, 0.15) is 41.6 Å². The summed E-state index contributed by atoms with van der Waals surface area (Å²) in [5, 5.41) is 21.4. The standard InChI is InChI=1S/C26H21ClF2N6O/c1-3-13-7-14(8-15-20(11-31)33-34-25(36)21(13)15)17-12-32-35(2)24(17)22-16(10-30)18(9-19(27)23(22)28)26(29)5-4-6-26/h3,7-9,12H,1,4-6,11,31H2,2H3,(H,34,36). The zero-order valence-electron chi connectivity index (χ0n) is 19.3. The van der Waals surface area contributed by atoms with E-state index in [-0.39, 0.29) is 46.8 Å². The van der Waals surface area contributed by atoms with Crippen LogP contribution in [0.15, 0.2) is 35.8 Å². The molecule has 5 rings (SSSR count). The van der Waals surface area contributed by atoms with E-state index >= 15 is 8.78 Å². The van der Waals surface area contributed by atoms with Crippen molar-refractivity contribution < 1.29 is 8.78 Å². The van der Waals surface area contributed by atoms with Gasteiger partial charge in [-0.2, -0.15) is 15.5 Å². The minimum absolute atomic E-state index is 0.0661. The SMILES string of the molecule is C=Cc1cc(-c2cnn(C)c2-c2c(F)c(Cl)cc(C3(F)CCC3)c2C#N)cc2c(CN)n[nH]c(=O)c12. The number of halogens is 3. The van der Waals surface area contributed by atoms with Crippen molar-refractivity contribution in [1.29, 1.82) is 5.26 Å². The molecule has 10 heteroatoms. The van der Waals surface area contributed by atoms with Gasteiger partial charge < -0.3 is 5.73 Å². The molecule has 3 N–H and O–H groups in total. The Labute approximate surface area is 209 Å². The molecule has 0 radical (unpaired) electrons. The van der Waals surface area contributed by atoms with Gasteiger partial charge in [-0.15, -0.1) is 0 Å². The zero-order chi connectivity index (χ0) is 25.8. The van der Waals surface area contributed by atoms with E-state index in [2.05, 4.69) is 21.9 Å². The highest BCUT2D eigenvalue weighted by molar-refractivity contribution is 6.31. The number of rotatable bonds is 5. The number of nitrogens with two attached hydrogens (primary N) is 1. The van der Waals surface area contributed by atoms with E-state index in [1.165, 1.54) is 23.0 Å². The number of H-pyrrole nitrogens is 1. The van der Waals surface area contributed by atoms with E-state index in [9.17, 15) is 10.1 Å². The predicted octanol–water partition coefficient (Wildman–Crippen LogP) is 5.11. The quantitative estimate of drug-likeness (QED) is 0.390. The van der Waals surface area contributed by atoms with Gasteiger partial charge in [0.25, 0.3) is 5.56 Å². The third kappa shape index (κ3) is 3.45. The van der Waals surface area contributed by atoms with Crippen LogP contribution in [0, 0.1) is 17.1 Å². The number of nitrogens with zero attached hydrogens (tertiary/aromatic N) is 4. The minimum atomic E-state index is -1.74. The summed E-state index contributed by atoms with van der Waals surface area (Å²) in [6.07, 6.45) is 4.18. The van der Waals surface area contributed by atoms with E-state index in [1.807, 2.05) is 6.07 Å². The number of alkyl halides is 1. The lowest BCUT2D eigenvalue weighted by Crippen LogP contribution is -2.30. The average molecular weight is 507 g/mol. The van der Waals surface area contributed by atoms with Gasteiger partial charge in [-0.25, -0.2) is 13.9 Å². The molecule has 0 spiro atoms. The Bertz CT molecular complexity index is 1660. The van der Waals surface area contributed by atoms with Gasteiger partial charge in [-0.3, -0.25) is 9.48 Å². The molecule has 182 valence electrons. The Kier molecular flexibility index (Phi) is 5.74. The van der Waals surface area contributed by atoms with Crippen LogP contribution in [-0.2, 0) is 19.3 Å². The molecule has 1 aliphatic carbocycles. The number of aryl methyl sites for hydroxylation is 1. The fourth-order valence-electron chi connectivity index (χ4n) is 4.87. The van der Waals surface area contributed by atoms with Crippen molar-refractivity contribution in [2.45, 2.75) is 31.5 Å². The number of hydrogen-bond donors (Lipinski definition) is 2. The summed E-state index contributed by atoms with van der Waals surface area (Å²) < 4.78 is 32.5. The van der Waals surface area contributed by atoms with Gasteiger partial charge in [0.05, 0.1) is 39.1 Å². The van der Waals surface area contributed by atoms with E-state index in [4.69, 9.17) is 17.3 Å². The summed E-state index contributed by atoms with van der Waals surface area (Å²) in [5.74, 6) is -0.838. The molecule has 36 heavy (non-hydrogen) atoms. The Morgan fingerprint density at radius 3 is 2.75 bits per heavy atom. The molecule has 7 nitrogen and oxygen atoms in total. The number of hydrogen-bond acceptors (Lipinski definition) is 5. The molecular formula is C26H21ClF2N6O. The van der Waals surface area contributed by atoms with Gasteiger partial charge in [0.1, 0.15) is 11.7 Å². The summed E-state index contributed by atoms with van der Waals surface area (Å²) in [6.45, 7) is 3.88. The number of nitrogens with one attached hydrogen (secondary N) is 1. The lowest BCUT2D eigenvalue weighted by molar-refractivity contribution is 0.0606. The molecule has 0 saturated heterocycles. The fraction of sp³-hybridized carbons (Fsp3) is 0.231. The average Bonchev–Trinajstić information content (AvgIpc) is 3.24.